The van der Waals surface area contributed by atoms with Crippen LogP contribution in [0.5, 0.6) is 5.75 Å². The summed E-state index contributed by atoms with van der Waals surface area (Å²) in [4.78, 5) is 2.52. The highest BCUT2D eigenvalue weighted by Crippen LogP contribution is 2.13. The van der Waals surface area contributed by atoms with E-state index in [0.717, 1.165) is 13.0 Å². The molecule has 0 bridgehead atoms. The van der Waals surface area contributed by atoms with E-state index in [-0.39, 0.29) is 0 Å². The van der Waals surface area contributed by atoms with Crippen molar-refractivity contribution < 1.29 is 5.11 Å². The van der Waals surface area contributed by atoms with Crippen LogP contribution >= 0.6 is 0 Å². The maximum Gasteiger partial charge on any atom is 0.115 e. The smallest absolute Gasteiger partial charge is 0.115 e. The SMILES string of the molecule is CCCCN(CC)C(C)Cc1ccc(O)cc1. The van der Waals surface area contributed by atoms with Gasteiger partial charge in [-0.25, -0.2) is 0 Å². The van der Waals surface area contributed by atoms with Crippen molar-refractivity contribution in [3.63, 3.8) is 0 Å². The fourth-order valence-corrected chi connectivity index (χ4v) is 2.15. The van der Waals surface area contributed by atoms with E-state index in [2.05, 4.69) is 25.7 Å². The second-order valence-corrected chi connectivity index (χ2v) is 4.70. The molecule has 0 radical (unpaired) electrons. The van der Waals surface area contributed by atoms with Gasteiger partial charge in [0.15, 0.2) is 0 Å². The van der Waals surface area contributed by atoms with E-state index >= 15 is 0 Å². The van der Waals surface area contributed by atoms with Crippen molar-refractivity contribution in [2.24, 2.45) is 0 Å². The molecule has 2 heteroatoms. The Hall–Kier alpha value is -1.02. The first kappa shape index (κ1) is 14.0. The number of unbranched alkanes of at least 4 members (excludes halogenated alkanes) is 1. The lowest BCUT2D eigenvalue weighted by Crippen LogP contribution is -2.35. The molecule has 0 aromatic heterocycles. The summed E-state index contributed by atoms with van der Waals surface area (Å²) in [5.74, 6) is 0.347. The van der Waals surface area contributed by atoms with Crippen molar-refractivity contribution in [2.75, 3.05) is 13.1 Å². The van der Waals surface area contributed by atoms with E-state index in [0.29, 0.717) is 11.8 Å². The van der Waals surface area contributed by atoms with E-state index in [1.807, 2.05) is 12.1 Å². The highest BCUT2D eigenvalue weighted by Gasteiger charge is 2.11. The zero-order valence-electron chi connectivity index (χ0n) is 11.3. The Morgan fingerprint density at radius 3 is 2.35 bits per heavy atom. The monoisotopic (exact) mass is 235 g/mol. The molecule has 96 valence electrons. The molecule has 0 heterocycles. The minimum absolute atomic E-state index is 0.347. The molecule has 1 aromatic carbocycles. The predicted octanol–water partition coefficient (Wildman–Crippen LogP) is 3.45. The minimum Gasteiger partial charge on any atom is -0.508 e. The van der Waals surface area contributed by atoms with Crippen molar-refractivity contribution >= 4 is 0 Å². The number of hydrogen-bond donors (Lipinski definition) is 1. The molecular weight excluding hydrogens is 210 g/mol. The Labute approximate surface area is 105 Å². The normalized spacial score (nSPS) is 12.9. The van der Waals surface area contributed by atoms with Crippen LogP contribution in [-0.2, 0) is 6.42 Å². The number of aromatic hydroxyl groups is 1. The van der Waals surface area contributed by atoms with E-state index < -0.39 is 0 Å². The molecule has 0 amide bonds. The zero-order valence-corrected chi connectivity index (χ0v) is 11.3. The Bertz CT molecular complexity index is 307. The largest absolute Gasteiger partial charge is 0.508 e. The Morgan fingerprint density at radius 1 is 1.18 bits per heavy atom. The van der Waals surface area contributed by atoms with Crippen molar-refractivity contribution in [3.8, 4) is 5.75 Å². The van der Waals surface area contributed by atoms with Crippen LogP contribution in [0.15, 0.2) is 24.3 Å². The van der Waals surface area contributed by atoms with Gasteiger partial charge in [-0.15, -0.1) is 0 Å². The summed E-state index contributed by atoms with van der Waals surface area (Å²) in [6.07, 6.45) is 3.58. The summed E-state index contributed by atoms with van der Waals surface area (Å²) in [7, 11) is 0. The quantitative estimate of drug-likeness (QED) is 0.782. The lowest BCUT2D eigenvalue weighted by molar-refractivity contribution is 0.215. The van der Waals surface area contributed by atoms with Crippen LogP contribution in [0, 0.1) is 0 Å². The van der Waals surface area contributed by atoms with Crippen molar-refractivity contribution in [1.29, 1.82) is 0 Å². The number of phenols is 1. The third kappa shape index (κ3) is 4.78. The highest BCUT2D eigenvalue weighted by molar-refractivity contribution is 5.26. The van der Waals surface area contributed by atoms with Crippen molar-refractivity contribution in [3.05, 3.63) is 29.8 Å². The van der Waals surface area contributed by atoms with Crippen LogP contribution in [0.4, 0.5) is 0 Å². The molecule has 17 heavy (non-hydrogen) atoms. The molecule has 0 aliphatic carbocycles. The molecular formula is C15H25NO. The second-order valence-electron chi connectivity index (χ2n) is 4.70. The zero-order chi connectivity index (χ0) is 12.7. The van der Waals surface area contributed by atoms with E-state index in [1.165, 1.54) is 24.9 Å². The molecule has 0 spiro atoms. The third-order valence-electron chi connectivity index (χ3n) is 3.30. The lowest BCUT2D eigenvalue weighted by atomic mass is 10.1. The van der Waals surface area contributed by atoms with Gasteiger partial charge in [0, 0.05) is 6.04 Å². The van der Waals surface area contributed by atoms with E-state index in [9.17, 15) is 5.11 Å². The number of hydrogen-bond acceptors (Lipinski definition) is 2. The molecule has 0 aliphatic heterocycles. The number of phenolic OH excluding ortho intramolecular Hbond substituents is 1. The van der Waals surface area contributed by atoms with Gasteiger partial charge in [-0.3, -0.25) is 0 Å². The van der Waals surface area contributed by atoms with Gasteiger partial charge in [0.2, 0.25) is 0 Å². The standard InChI is InChI=1S/C15H25NO/c1-4-6-11-16(5-2)13(3)12-14-7-9-15(17)10-8-14/h7-10,13,17H,4-6,11-12H2,1-3H3. The van der Waals surface area contributed by atoms with Gasteiger partial charge in [-0.1, -0.05) is 32.4 Å². The fraction of sp³-hybridized carbons (Fsp3) is 0.600. The van der Waals surface area contributed by atoms with E-state index in [4.69, 9.17) is 0 Å². The van der Waals surface area contributed by atoms with Crippen LogP contribution in [0.25, 0.3) is 0 Å². The molecule has 0 saturated heterocycles. The van der Waals surface area contributed by atoms with Gasteiger partial charge >= 0.3 is 0 Å². The molecule has 0 aliphatic rings. The second kappa shape index (κ2) is 7.33. The molecule has 1 atom stereocenters. The number of nitrogens with zero attached hydrogens (tertiary/aromatic N) is 1. The van der Waals surface area contributed by atoms with Gasteiger partial charge in [-0.05, 0) is 50.6 Å². The topological polar surface area (TPSA) is 23.5 Å². The van der Waals surface area contributed by atoms with Crippen LogP contribution < -0.4 is 0 Å². The minimum atomic E-state index is 0.347. The molecule has 1 aromatic rings. The van der Waals surface area contributed by atoms with Gasteiger partial charge in [0.1, 0.15) is 5.75 Å². The summed E-state index contributed by atoms with van der Waals surface area (Å²) >= 11 is 0. The van der Waals surface area contributed by atoms with Crippen LogP contribution in [0.3, 0.4) is 0 Å². The first-order valence-electron chi connectivity index (χ1n) is 6.69. The van der Waals surface area contributed by atoms with Gasteiger partial charge in [0.25, 0.3) is 0 Å². The van der Waals surface area contributed by atoms with Crippen LogP contribution in [0.1, 0.15) is 39.2 Å². The van der Waals surface area contributed by atoms with Gasteiger partial charge < -0.3 is 10.0 Å². The average molecular weight is 235 g/mol. The van der Waals surface area contributed by atoms with Crippen LogP contribution in [-0.4, -0.2) is 29.1 Å². The molecule has 0 saturated carbocycles. The fourth-order valence-electron chi connectivity index (χ4n) is 2.15. The summed E-state index contributed by atoms with van der Waals surface area (Å²) in [5, 5.41) is 9.25. The average Bonchev–Trinajstić information content (AvgIpc) is 2.33. The lowest BCUT2D eigenvalue weighted by Gasteiger charge is -2.27. The predicted molar refractivity (Wildman–Crippen MR) is 73.4 cm³/mol. The maximum atomic E-state index is 9.25. The van der Waals surface area contributed by atoms with Gasteiger partial charge in [0.05, 0.1) is 0 Å². The van der Waals surface area contributed by atoms with Crippen LogP contribution in [0.2, 0.25) is 0 Å². The van der Waals surface area contributed by atoms with Crippen molar-refractivity contribution in [1.82, 2.24) is 4.90 Å². The maximum absolute atomic E-state index is 9.25. The molecule has 1 N–H and O–H groups in total. The number of benzene rings is 1. The third-order valence-corrected chi connectivity index (χ3v) is 3.30. The van der Waals surface area contributed by atoms with Gasteiger partial charge in [-0.2, -0.15) is 0 Å². The highest BCUT2D eigenvalue weighted by atomic mass is 16.3. The Balaban J connectivity index is 2.51. The number of likely N-dealkylation sites (N-methyl/N-ethyl adjacent to an activating group) is 1. The Morgan fingerprint density at radius 2 is 1.82 bits per heavy atom. The number of rotatable bonds is 7. The summed E-state index contributed by atoms with van der Waals surface area (Å²) < 4.78 is 0. The van der Waals surface area contributed by atoms with Crippen molar-refractivity contribution in [2.45, 2.75) is 46.1 Å². The molecule has 1 unspecified atom stereocenters. The summed E-state index contributed by atoms with van der Waals surface area (Å²) in [6, 6.07) is 8.13. The first-order valence-corrected chi connectivity index (χ1v) is 6.69. The summed E-state index contributed by atoms with van der Waals surface area (Å²) in [6.45, 7) is 9.04. The Kier molecular flexibility index (Phi) is 6.06. The molecule has 2 nitrogen and oxygen atoms in total. The van der Waals surface area contributed by atoms with E-state index in [1.54, 1.807) is 12.1 Å². The summed E-state index contributed by atoms with van der Waals surface area (Å²) in [5.41, 5.74) is 1.30. The molecule has 1 rings (SSSR count). The molecule has 0 fully saturated rings. The first-order chi connectivity index (χ1) is 8.17.